The smallest absolute Gasteiger partial charge is 0.475 e. The maximum atomic E-state index is 13.0. The number of carboxylic acid groups (broad SMARTS) is 1. The molecular weight excluding hydrogens is 406 g/mol. The third-order valence-corrected chi connectivity index (χ3v) is 5.65. The van der Waals surface area contributed by atoms with Crippen molar-refractivity contribution < 1.29 is 36.9 Å². The largest absolute Gasteiger partial charge is 0.490 e. The maximum absolute atomic E-state index is 13.0. The average molecular weight is 433 g/mol. The monoisotopic (exact) mass is 433 g/mol. The maximum Gasteiger partial charge on any atom is 0.490 e. The van der Waals surface area contributed by atoms with E-state index in [1.165, 1.54) is 24.8 Å². The van der Waals surface area contributed by atoms with Gasteiger partial charge in [-0.05, 0) is 55.7 Å². The minimum atomic E-state index is -5.08. The number of carbonyl (C=O) groups is 1. The summed E-state index contributed by atoms with van der Waals surface area (Å²) in [6.45, 7) is 3.65. The second-order valence-corrected chi connectivity index (χ2v) is 8.11. The molecule has 1 saturated carbocycles. The standard InChI is InChI=1S/C19H26FNO2.C2HF3O2/c20-16-5-3-14(4-6-16)11-21-10-9-19-18(21)8-7-17(23-19)13-22-12-15-1-2-15;3-2(4,5)1(6)7/h3-6,15,17-19H,1-2,7-13H2;(H,6,7)/t17-,18-,19-;/m1./s1. The van der Waals surface area contributed by atoms with E-state index in [0.29, 0.717) is 12.1 Å². The van der Waals surface area contributed by atoms with E-state index < -0.39 is 12.1 Å². The van der Waals surface area contributed by atoms with Crippen molar-refractivity contribution in [1.82, 2.24) is 4.90 Å². The third-order valence-electron chi connectivity index (χ3n) is 5.65. The van der Waals surface area contributed by atoms with Crippen LogP contribution < -0.4 is 0 Å². The summed E-state index contributed by atoms with van der Waals surface area (Å²) in [6, 6.07) is 7.39. The molecule has 0 bridgehead atoms. The molecule has 5 nitrogen and oxygen atoms in total. The lowest BCUT2D eigenvalue weighted by molar-refractivity contribution is -0.192. The first kappa shape index (κ1) is 23.0. The van der Waals surface area contributed by atoms with Crippen LogP contribution in [0.5, 0.6) is 0 Å². The summed E-state index contributed by atoms with van der Waals surface area (Å²) in [5, 5.41) is 7.12. The van der Waals surface area contributed by atoms with Gasteiger partial charge in [-0.2, -0.15) is 13.2 Å². The van der Waals surface area contributed by atoms with Crippen molar-refractivity contribution in [2.75, 3.05) is 19.8 Å². The van der Waals surface area contributed by atoms with Crippen LogP contribution in [0.3, 0.4) is 0 Å². The summed E-state index contributed by atoms with van der Waals surface area (Å²) in [7, 11) is 0. The predicted octanol–water partition coefficient (Wildman–Crippen LogP) is 4.01. The Hall–Kier alpha value is -1.71. The fourth-order valence-electron chi connectivity index (χ4n) is 3.88. The van der Waals surface area contributed by atoms with Crippen LogP contribution in [0.1, 0.15) is 37.7 Å². The fraction of sp³-hybridized carbons (Fsp3) is 0.667. The highest BCUT2D eigenvalue weighted by Crippen LogP contribution is 2.33. The minimum Gasteiger partial charge on any atom is -0.475 e. The Bertz CT molecular complexity index is 693. The average Bonchev–Trinajstić information content (AvgIpc) is 3.43. The molecule has 2 aliphatic heterocycles. The van der Waals surface area contributed by atoms with Crippen LogP contribution in [0, 0.1) is 11.7 Å². The predicted molar refractivity (Wildman–Crippen MR) is 100 cm³/mol. The van der Waals surface area contributed by atoms with Crippen molar-refractivity contribution in [2.24, 2.45) is 5.92 Å². The number of halogens is 4. The zero-order valence-electron chi connectivity index (χ0n) is 16.6. The molecule has 9 heteroatoms. The Morgan fingerprint density at radius 3 is 2.37 bits per heavy atom. The first-order valence-electron chi connectivity index (χ1n) is 10.2. The summed E-state index contributed by atoms with van der Waals surface area (Å²) in [4.78, 5) is 11.4. The molecule has 2 heterocycles. The van der Waals surface area contributed by atoms with E-state index in [1.807, 2.05) is 12.1 Å². The highest BCUT2D eigenvalue weighted by molar-refractivity contribution is 5.73. The van der Waals surface area contributed by atoms with Gasteiger partial charge in [-0.25, -0.2) is 9.18 Å². The molecule has 1 aromatic carbocycles. The minimum absolute atomic E-state index is 0.164. The molecule has 168 valence electrons. The number of aliphatic carboxylic acids is 1. The molecule has 0 unspecified atom stereocenters. The van der Waals surface area contributed by atoms with Gasteiger partial charge in [-0.3, -0.25) is 4.90 Å². The molecule has 3 fully saturated rings. The van der Waals surface area contributed by atoms with Crippen LogP contribution in [-0.4, -0.2) is 60.2 Å². The topological polar surface area (TPSA) is 59.0 Å². The van der Waals surface area contributed by atoms with Crippen LogP contribution >= 0.6 is 0 Å². The normalized spacial score (nSPS) is 26.6. The number of ether oxygens (including phenoxy) is 2. The number of likely N-dealkylation sites (tertiary alicyclic amines) is 1. The summed E-state index contributed by atoms with van der Waals surface area (Å²) in [6.07, 6.45) is 1.60. The Morgan fingerprint density at radius 2 is 1.77 bits per heavy atom. The molecule has 0 spiro atoms. The number of fused-ring (bicyclic) bond motifs is 1. The van der Waals surface area contributed by atoms with Crippen molar-refractivity contribution in [2.45, 2.75) is 63.1 Å². The molecule has 1 aromatic rings. The molecule has 30 heavy (non-hydrogen) atoms. The van der Waals surface area contributed by atoms with E-state index in [-0.39, 0.29) is 11.9 Å². The fourth-order valence-corrected chi connectivity index (χ4v) is 3.88. The van der Waals surface area contributed by atoms with E-state index in [4.69, 9.17) is 19.4 Å². The summed E-state index contributed by atoms with van der Waals surface area (Å²) >= 11 is 0. The van der Waals surface area contributed by atoms with Crippen molar-refractivity contribution in [3.63, 3.8) is 0 Å². The van der Waals surface area contributed by atoms with Crippen LogP contribution in [-0.2, 0) is 20.8 Å². The number of rotatable bonds is 6. The zero-order chi connectivity index (χ0) is 21.7. The Kier molecular flexibility index (Phi) is 7.70. The highest BCUT2D eigenvalue weighted by Gasteiger charge is 2.40. The molecule has 0 amide bonds. The van der Waals surface area contributed by atoms with Gasteiger partial charge in [0.15, 0.2) is 0 Å². The number of hydrogen-bond donors (Lipinski definition) is 1. The lowest BCUT2D eigenvalue weighted by atomic mass is 9.99. The lowest BCUT2D eigenvalue weighted by Gasteiger charge is -2.36. The lowest BCUT2D eigenvalue weighted by Crippen LogP contribution is -2.43. The van der Waals surface area contributed by atoms with Crippen molar-refractivity contribution in [3.05, 3.63) is 35.6 Å². The molecule has 4 rings (SSSR count). The van der Waals surface area contributed by atoms with Crippen molar-refractivity contribution >= 4 is 5.97 Å². The molecule has 3 atom stereocenters. The summed E-state index contributed by atoms with van der Waals surface area (Å²) < 4.78 is 56.8. The van der Waals surface area contributed by atoms with E-state index in [2.05, 4.69) is 4.90 Å². The van der Waals surface area contributed by atoms with Gasteiger partial charge < -0.3 is 14.6 Å². The zero-order valence-corrected chi connectivity index (χ0v) is 16.6. The SMILES string of the molecule is Fc1ccc(CN2CC[C@H]3O[C@@H](COCC4CC4)CC[C@H]32)cc1.O=C(O)C(F)(F)F. The van der Waals surface area contributed by atoms with Gasteiger partial charge in [0.2, 0.25) is 0 Å². The molecule has 0 aromatic heterocycles. The second-order valence-electron chi connectivity index (χ2n) is 8.11. The van der Waals surface area contributed by atoms with Crippen molar-refractivity contribution in [3.8, 4) is 0 Å². The molecule has 2 saturated heterocycles. The van der Waals surface area contributed by atoms with Gasteiger partial charge in [-0.1, -0.05) is 12.1 Å². The molecule has 3 aliphatic rings. The van der Waals surface area contributed by atoms with Gasteiger partial charge in [0.25, 0.3) is 0 Å². The highest BCUT2D eigenvalue weighted by atomic mass is 19.4. The first-order chi connectivity index (χ1) is 14.2. The molecule has 1 aliphatic carbocycles. The number of nitrogens with zero attached hydrogens (tertiary/aromatic N) is 1. The van der Waals surface area contributed by atoms with E-state index >= 15 is 0 Å². The van der Waals surface area contributed by atoms with Gasteiger partial charge in [0.05, 0.1) is 18.8 Å². The van der Waals surface area contributed by atoms with Crippen LogP contribution in [0.25, 0.3) is 0 Å². The quantitative estimate of drug-likeness (QED) is 0.687. The van der Waals surface area contributed by atoms with Gasteiger partial charge >= 0.3 is 12.1 Å². The summed E-state index contributed by atoms with van der Waals surface area (Å²) in [5.74, 6) is -2.10. The van der Waals surface area contributed by atoms with Crippen LogP contribution in [0.15, 0.2) is 24.3 Å². The second kappa shape index (κ2) is 10.1. The molecule has 0 radical (unpaired) electrons. The van der Waals surface area contributed by atoms with E-state index in [0.717, 1.165) is 45.1 Å². The van der Waals surface area contributed by atoms with Crippen molar-refractivity contribution in [1.29, 1.82) is 0 Å². The van der Waals surface area contributed by atoms with Gasteiger partial charge in [-0.15, -0.1) is 0 Å². The first-order valence-corrected chi connectivity index (χ1v) is 10.2. The number of benzene rings is 1. The number of carboxylic acids is 1. The van der Waals surface area contributed by atoms with E-state index in [9.17, 15) is 17.6 Å². The van der Waals surface area contributed by atoms with Crippen LogP contribution in [0.4, 0.5) is 17.6 Å². The van der Waals surface area contributed by atoms with E-state index in [1.54, 1.807) is 12.1 Å². The number of hydrogen-bond acceptors (Lipinski definition) is 4. The Morgan fingerprint density at radius 1 is 1.10 bits per heavy atom. The summed E-state index contributed by atoms with van der Waals surface area (Å²) in [5.41, 5.74) is 1.18. The third kappa shape index (κ3) is 6.92. The number of alkyl halides is 3. The van der Waals surface area contributed by atoms with Crippen LogP contribution in [0.2, 0.25) is 0 Å². The molecular formula is C21H27F4NO4. The molecule has 1 N–H and O–H groups in total. The van der Waals surface area contributed by atoms with Gasteiger partial charge in [0, 0.05) is 25.7 Å². The van der Waals surface area contributed by atoms with Gasteiger partial charge in [0.1, 0.15) is 5.82 Å². The Labute approximate surface area is 172 Å². The Balaban J connectivity index is 0.000000318.